The van der Waals surface area contributed by atoms with E-state index in [-0.39, 0.29) is 18.0 Å². The highest BCUT2D eigenvalue weighted by Gasteiger charge is 2.28. The van der Waals surface area contributed by atoms with Crippen LogP contribution in [0.1, 0.15) is 25.5 Å². The minimum absolute atomic E-state index is 0.153. The van der Waals surface area contributed by atoms with E-state index in [1.54, 1.807) is 12.5 Å². The molecule has 24 heavy (non-hydrogen) atoms. The van der Waals surface area contributed by atoms with Gasteiger partial charge in [-0.15, -0.1) is 0 Å². The van der Waals surface area contributed by atoms with Crippen molar-refractivity contribution in [1.29, 1.82) is 0 Å². The van der Waals surface area contributed by atoms with Crippen LogP contribution in [0.3, 0.4) is 0 Å². The van der Waals surface area contributed by atoms with E-state index in [2.05, 4.69) is 20.6 Å². The summed E-state index contributed by atoms with van der Waals surface area (Å²) in [6.45, 7) is 2.57. The fraction of sp³-hybridized carbons (Fsp3) is 0.353. The fourth-order valence-corrected chi connectivity index (χ4v) is 2.84. The van der Waals surface area contributed by atoms with Gasteiger partial charge in [0.05, 0.1) is 6.33 Å². The van der Waals surface area contributed by atoms with Gasteiger partial charge in [0.15, 0.2) is 0 Å². The SMILES string of the molecule is C[C@H]1CCC(=O)N1c1ccc(NC(=O)NCCc2cnc[nH]2)cc1. The molecule has 0 saturated carbocycles. The maximum absolute atomic E-state index is 11.9. The lowest BCUT2D eigenvalue weighted by Gasteiger charge is -2.22. The summed E-state index contributed by atoms with van der Waals surface area (Å²) >= 11 is 0. The molecule has 1 aromatic carbocycles. The molecule has 0 radical (unpaired) electrons. The van der Waals surface area contributed by atoms with E-state index in [0.29, 0.717) is 25.1 Å². The normalized spacial score (nSPS) is 17.1. The minimum atomic E-state index is -0.257. The smallest absolute Gasteiger partial charge is 0.319 e. The third kappa shape index (κ3) is 3.73. The highest BCUT2D eigenvalue weighted by molar-refractivity contribution is 5.96. The van der Waals surface area contributed by atoms with Gasteiger partial charge in [-0.1, -0.05) is 0 Å². The monoisotopic (exact) mass is 327 g/mol. The Morgan fingerprint density at radius 1 is 1.38 bits per heavy atom. The summed E-state index contributed by atoms with van der Waals surface area (Å²) in [7, 11) is 0. The Morgan fingerprint density at radius 2 is 2.17 bits per heavy atom. The number of amides is 3. The lowest BCUT2D eigenvalue weighted by molar-refractivity contribution is -0.117. The number of rotatable bonds is 5. The second-order valence-electron chi connectivity index (χ2n) is 5.91. The highest BCUT2D eigenvalue weighted by Crippen LogP contribution is 2.27. The van der Waals surface area contributed by atoms with E-state index < -0.39 is 0 Å². The molecule has 0 spiro atoms. The fourth-order valence-electron chi connectivity index (χ4n) is 2.84. The van der Waals surface area contributed by atoms with E-state index >= 15 is 0 Å². The van der Waals surface area contributed by atoms with Gasteiger partial charge in [0.1, 0.15) is 0 Å². The number of carbonyl (C=O) groups is 2. The van der Waals surface area contributed by atoms with Crippen LogP contribution in [0.15, 0.2) is 36.8 Å². The number of nitrogens with one attached hydrogen (secondary N) is 3. The highest BCUT2D eigenvalue weighted by atomic mass is 16.2. The molecule has 2 heterocycles. The standard InChI is InChI=1S/C17H21N5O2/c1-12-2-7-16(23)22(12)15-5-3-13(4-6-15)21-17(24)19-9-8-14-10-18-11-20-14/h3-6,10-12H,2,7-9H2,1H3,(H,18,20)(H2,19,21,24)/t12-/m0/s1. The van der Waals surface area contributed by atoms with Gasteiger partial charge in [-0.25, -0.2) is 9.78 Å². The van der Waals surface area contributed by atoms with Crippen molar-refractivity contribution in [3.63, 3.8) is 0 Å². The van der Waals surface area contributed by atoms with E-state index in [1.807, 2.05) is 36.1 Å². The van der Waals surface area contributed by atoms with Crippen molar-refractivity contribution in [2.24, 2.45) is 0 Å². The summed E-state index contributed by atoms with van der Waals surface area (Å²) in [6.07, 6.45) is 5.53. The van der Waals surface area contributed by atoms with E-state index in [1.165, 1.54) is 0 Å². The summed E-state index contributed by atoms with van der Waals surface area (Å²) in [6, 6.07) is 7.30. The van der Waals surface area contributed by atoms with Crippen molar-refractivity contribution in [2.45, 2.75) is 32.2 Å². The van der Waals surface area contributed by atoms with E-state index in [4.69, 9.17) is 0 Å². The van der Waals surface area contributed by atoms with Crippen molar-refractivity contribution >= 4 is 23.3 Å². The predicted molar refractivity (Wildman–Crippen MR) is 91.9 cm³/mol. The number of H-pyrrole nitrogens is 1. The first-order valence-corrected chi connectivity index (χ1v) is 8.08. The lowest BCUT2D eigenvalue weighted by Crippen LogP contribution is -2.31. The number of urea groups is 1. The molecule has 0 aliphatic carbocycles. The molecule has 1 fully saturated rings. The van der Waals surface area contributed by atoms with Crippen LogP contribution >= 0.6 is 0 Å². The maximum atomic E-state index is 11.9. The van der Waals surface area contributed by atoms with E-state index in [9.17, 15) is 9.59 Å². The maximum Gasteiger partial charge on any atom is 0.319 e. The first-order valence-electron chi connectivity index (χ1n) is 8.08. The Balaban J connectivity index is 1.50. The van der Waals surface area contributed by atoms with Crippen LogP contribution in [0.5, 0.6) is 0 Å². The molecule has 7 heteroatoms. The van der Waals surface area contributed by atoms with Gasteiger partial charge >= 0.3 is 6.03 Å². The molecule has 0 bridgehead atoms. The van der Waals surface area contributed by atoms with Crippen LogP contribution in [0.2, 0.25) is 0 Å². The van der Waals surface area contributed by atoms with Crippen LogP contribution in [0.25, 0.3) is 0 Å². The van der Waals surface area contributed by atoms with Gasteiger partial charge in [0.25, 0.3) is 0 Å². The summed E-state index contributed by atoms with van der Waals surface area (Å²) < 4.78 is 0. The summed E-state index contributed by atoms with van der Waals surface area (Å²) in [5.41, 5.74) is 2.54. The van der Waals surface area contributed by atoms with Crippen LogP contribution in [-0.4, -0.2) is 34.5 Å². The Morgan fingerprint density at radius 3 is 2.79 bits per heavy atom. The van der Waals surface area contributed by atoms with Crippen molar-refractivity contribution in [3.8, 4) is 0 Å². The molecule has 7 nitrogen and oxygen atoms in total. The summed E-state index contributed by atoms with van der Waals surface area (Å²) in [4.78, 5) is 32.5. The molecule has 3 amide bonds. The van der Waals surface area contributed by atoms with Gasteiger partial charge < -0.3 is 20.5 Å². The number of aromatic nitrogens is 2. The average Bonchev–Trinajstić information content (AvgIpc) is 3.19. The van der Waals surface area contributed by atoms with Gasteiger partial charge in [0.2, 0.25) is 5.91 Å². The van der Waals surface area contributed by atoms with Crippen molar-refractivity contribution < 1.29 is 9.59 Å². The van der Waals surface area contributed by atoms with Crippen molar-refractivity contribution in [2.75, 3.05) is 16.8 Å². The second-order valence-corrected chi connectivity index (χ2v) is 5.91. The predicted octanol–water partition coefficient (Wildman–Crippen LogP) is 2.29. The zero-order chi connectivity index (χ0) is 16.9. The Kier molecular flexibility index (Phi) is 4.79. The van der Waals surface area contributed by atoms with Crippen LogP contribution in [0.4, 0.5) is 16.2 Å². The topological polar surface area (TPSA) is 90.1 Å². The van der Waals surface area contributed by atoms with Gasteiger partial charge in [0, 0.05) is 48.7 Å². The molecule has 0 unspecified atom stereocenters. The average molecular weight is 327 g/mol. The molecule has 1 aromatic heterocycles. The van der Waals surface area contributed by atoms with Crippen LogP contribution in [0, 0.1) is 0 Å². The number of hydrogen-bond acceptors (Lipinski definition) is 3. The zero-order valence-corrected chi connectivity index (χ0v) is 13.6. The third-order valence-corrected chi connectivity index (χ3v) is 4.12. The Hall–Kier alpha value is -2.83. The molecule has 1 aliphatic heterocycles. The van der Waals surface area contributed by atoms with Gasteiger partial charge in [-0.3, -0.25) is 4.79 Å². The quantitative estimate of drug-likeness (QED) is 0.787. The van der Waals surface area contributed by atoms with Gasteiger partial charge in [-0.2, -0.15) is 0 Å². The number of carbonyl (C=O) groups excluding carboxylic acids is 2. The number of hydrogen-bond donors (Lipinski definition) is 3. The first-order chi connectivity index (χ1) is 11.6. The lowest BCUT2D eigenvalue weighted by atomic mass is 10.2. The Bertz CT molecular complexity index is 696. The molecule has 1 saturated heterocycles. The number of nitrogens with zero attached hydrogens (tertiary/aromatic N) is 2. The third-order valence-electron chi connectivity index (χ3n) is 4.12. The van der Waals surface area contributed by atoms with Crippen LogP contribution in [-0.2, 0) is 11.2 Å². The number of imidazole rings is 1. The number of benzene rings is 1. The van der Waals surface area contributed by atoms with Crippen molar-refractivity contribution in [3.05, 3.63) is 42.5 Å². The Labute approximate surface area is 140 Å². The largest absolute Gasteiger partial charge is 0.348 e. The van der Waals surface area contributed by atoms with E-state index in [0.717, 1.165) is 17.8 Å². The molecule has 2 aromatic rings. The molecule has 1 aliphatic rings. The molecule has 126 valence electrons. The molecular weight excluding hydrogens is 306 g/mol. The van der Waals surface area contributed by atoms with Crippen molar-refractivity contribution in [1.82, 2.24) is 15.3 Å². The van der Waals surface area contributed by atoms with Crippen LogP contribution < -0.4 is 15.5 Å². The molecule has 3 N–H and O–H groups in total. The number of anilines is 2. The first kappa shape index (κ1) is 16.0. The number of aromatic amines is 1. The van der Waals surface area contributed by atoms with Gasteiger partial charge in [-0.05, 0) is 37.6 Å². The minimum Gasteiger partial charge on any atom is -0.348 e. The summed E-state index contributed by atoms with van der Waals surface area (Å²) in [5, 5.41) is 5.57. The molecular formula is C17H21N5O2. The zero-order valence-electron chi connectivity index (χ0n) is 13.6. The molecule has 3 rings (SSSR count). The molecule has 1 atom stereocenters. The summed E-state index contributed by atoms with van der Waals surface area (Å²) in [5.74, 6) is 0.153. The second kappa shape index (κ2) is 7.16.